The molecule has 17 heavy (non-hydrogen) atoms. The zero-order valence-electron chi connectivity index (χ0n) is 10.1. The van der Waals surface area contributed by atoms with Gasteiger partial charge in [0.25, 0.3) is 0 Å². The molecule has 0 saturated carbocycles. The maximum atomic E-state index is 6.12. The molecular formula is C14H18ClNO. The van der Waals surface area contributed by atoms with Gasteiger partial charge in [0.15, 0.2) is 0 Å². The molecule has 0 radical (unpaired) electrons. The Hall–Kier alpha value is -1.17. The van der Waals surface area contributed by atoms with Gasteiger partial charge in [-0.15, -0.1) is 12.3 Å². The molecule has 0 spiro atoms. The highest BCUT2D eigenvalue weighted by atomic mass is 35.5. The van der Waals surface area contributed by atoms with E-state index in [9.17, 15) is 0 Å². The average molecular weight is 252 g/mol. The molecule has 0 atom stereocenters. The molecule has 0 aromatic heterocycles. The Kier molecular flexibility index (Phi) is 6.54. The first-order valence-electron chi connectivity index (χ1n) is 5.84. The topological polar surface area (TPSA) is 21.3 Å². The van der Waals surface area contributed by atoms with Crippen molar-refractivity contribution < 1.29 is 4.74 Å². The largest absolute Gasteiger partial charge is 0.491 e. The summed E-state index contributed by atoms with van der Waals surface area (Å²) < 4.78 is 5.62. The van der Waals surface area contributed by atoms with E-state index in [1.54, 1.807) is 0 Å². The molecule has 0 unspecified atom stereocenters. The van der Waals surface area contributed by atoms with Gasteiger partial charge in [0, 0.05) is 18.5 Å². The average Bonchev–Trinajstić information content (AvgIpc) is 2.33. The molecular weight excluding hydrogens is 234 g/mol. The van der Waals surface area contributed by atoms with Gasteiger partial charge in [-0.2, -0.15) is 0 Å². The van der Waals surface area contributed by atoms with Crippen LogP contribution in [0, 0.1) is 12.3 Å². The number of hydrogen-bond donors (Lipinski definition) is 1. The van der Waals surface area contributed by atoms with E-state index in [1.165, 1.54) is 0 Å². The Morgan fingerprint density at radius 1 is 1.47 bits per heavy atom. The Morgan fingerprint density at radius 2 is 2.29 bits per heavy atom. The predicted molar refractivity (Wildman–Crippen MR) is 72.4 cm³/mol. The lowest BCUT2D eigenvalue weighted by Crippen LogP contribution is -2.15. The number of ether oxygens (including phenoxy) is 1. The van der Waals surface area contributed by atoms with Crippen molar-refractivity contribution in [2.24, 2.45) is 0 Å². The number of para-hydroxylation sites is 1. The van der Waals surface area contributed by atoms with Gasteiger partial charge in [0.1, 0.15) is 5.75 Å². The SMILES string of the molecule is C#CCCOc1c(Cl)cccc1CNCCC. The van der Waals surface area contributed by atoms with Crippen LogP contribution in [0.25, 0.3) is 0 Å². The minimum Gasteiger partial charge on any atom is -0.491 e. The van der Waals surface area contributed by atoms with Crippen molar-refractivity contribution >= 4 is 11.6 Å². The minimum atomic E-state index is 0.501. The molecule has 0 saturated heterocycles. The number of terminal acetylenes is 1. The van der Waals surface area contributed by atoms with Crippen LogP contribution in [0.4, 0.5) is 0 Å². The molecule has 0 aliphatic heterocycles. The zero-order valence-corrected chi connectivity index (χ0v) is 10.9. The lowest BCUT2D eigenvalue weighted by atomic mass is 10.2. The number of rotatable bonds is 7. The summed E-state index contributed by atoms with van der Waals surface area (Å²) in [5.41, 5.74) is 1.07. The molecule has 3 heteroatoms. The van der Waals surface area contributed by atoms with Crippen LogP contribution in [0.2, 0.25) is 5.02 Å². The van der Waals surface area contributed by atoms with Gasteiger partial charge in [0.05, 0.1) is 11.6 Å². The Bertz CT molecular complexity index is 384. The third-order valence-corrected chi connectivity index (χ3v) is 2.58. The van der Waals surface area contributed by atoms with Gasteiger partial charge >= 0.3 is 0 Å². The first kappa shape index (κ1) is 13.9. The van der Waals surface area contributed by atoms with Crippen LogP contribution in [-0.4, -0.2) is 13.2 Å². The second kappa shape index (κ2) is 8.00. The van der Waals surface area contributed by atoms with Crippen LogP contribution in [0.1, 0.15) is 25.3 Å². The normalized spacial score (nSPS) is 9.94. The van der Waals surface area contributed by atoms with Crippen LogP contribution in [0.5, 0.6) is 5.75 Å². The quantitative estimate of drug-likeness (QED) is 0.593. The second-order valence-electron chi connectivity index (χ2n) is 3.71. The molecule has 2 nitrogen and oxygen atoms in total. The molecule has 1 N–H and O–H groups in total. The molecule has 92 valence electrons. The van der Waals surface area contributed by atoms with Gasteiger partial charge in [-0.25, -0.2) is 0 Å². The van der Waals surface area contributed by atoms with Crippen LogP contribution < -0.4 is 10.1 Å². The Labute approximate surface area is 108 Å². The summed E-state index contributed by atoms with van der Waals surface area (Å²) in [7, 11) is 0. The molecule has 1 aromatic rings. The zero-order chi connectivity index (χ0) is 12.5. The van der Waals surface area contributed by atoms with Gasteiger partial charge < -0.3 is 10.1 Å². The lowest BCUT2D eigenvalue weighted by Gasteiger charge is -2.12. The van der Waals surface area contributed by atoms with E-state index < -0.39 is 0 Å². The van der Waals surface area contributed by atoms with E-state index in [0.29, 0.717) is 18.1 Å². The number of halogens is 1. The molecule has 1 rings (SSSR count). The summed E-state index contributed by atoms with van der Waals surface area (Å²) in [6.07, 6.45) is 6.89. The highest BCUT2D eigenvalue weighted by molar-refractivity contribution is 6.32. The summed E-state index contributed by atoms with van der Waals surface area (Å²) >= 11 is 6.12. The van der Waals surface area contributed by atoms with E-state index in [0.717, 1.165) is 30.8 Å². The van der Waals surface area contributed by atoms with E-state index in [-0.39, 0.29) is 0 Å². The number of benzene rings is 1. The monoisotopic (exact) mass is 251 g/mol. The third-order valence-electron chi connectivity index (χ3n) is 2.28. The highest BCUT2D eigenvalue weighted by Gasteiger charge is 2.07. The molecule has 0 heterocycles. The third kappa shape index (κ3) is 4.68. The fraction of sp³-hybridized carbons (Fsp3) is 0.429. The van der Waals surface area contributed by atoms with Crippen LogP contribution in [-0.2, 0) is 6.54 Å². The number of nitrogens with one attached hydrogen (secondary N) is 1. The molecule has 1 aromatic carbocycles. The fourth-order valence-electron chi connectivity index (χ4n) is 1.47. The summed E-state index contributed by atoms with van der Waals surface area (Å²) in [5.74, 6) is 3.29. The predicted octanol–water partition coefficient (Wildman–Crippen LogP) is 3.24. The Morgan fingerprint density at radius 3 is 3.00 bits per heavy atom. The summed E-state index contributed by atoms with van der Waals surface area (Å²) in [6.45, 7) is 4.38. The van der Waals surface area contributed by atoms with E-state index in [2.05, 4.69) is 18.2 Å². The maximum Gasteiger partial charge on any atom is 0.142 e. The molecule has 0 aliphatic rings. The van der Waals surface area contributed by atoms with Gasteiger partial charge in [0.2, 0.25) is 0 Å². The lowest BCUT2D eigenvalue weighted by molar-refractivity contribution is 0.323. The van der Waals surface area contributed by atoms with Crippen LogP contribution in [0.3, 0.4) is 0 Å². The van der Waals surface area contributed by atoms with Crippen molar-refractivity contribution in [3.8, 4) is 18.1 Å². The van der Waals surface area contributed by atoms with Crippen LogP contribution in [0.15, 0.2) is 18.2 Å². The van der Waals surface area contributed by atoms with Crippen molar-refractivity contribution in [1.82, 2.24) is 5.32 Å². The summed E-state index contributed by atoms with van der Waals surface area (Å²) in [6, 6.07) is 5.77. The van der Waals surface area contributed by atoms with Crippen molar-refractivity contribution in [3.63, 3.8) is 0 Å². The van der Waals surface area contributed by atoms with Gasteiger partial charge in [-0.1, -0.05) is 30.7 Å². The molecule has 0 amide bonds. The summed E-state index contributed by atoms with van der Waals surface area (Å²) in [4.78, 5) is 0. The second-order valence-corrected chi connectivity index (χ2v) is 4.11. The van der Waals surface area contributed by atoms with Gasteiger partial charge in [-0.05, 0) is 19.0 Å². The molecule has 0 bridgehead atoms. The first-order chi connectivity index (χ1) is 8.29. The van der Waals surface area contributed by atoms with Crippen molar-refractivity contribution in [1.29, 1.82) is 0 Å². The Balaban J connectivity index is 2.67. The molecule has 0 aliphatic carbocycles. The minimum absolute atomic E-state index is 0.501. The van der Waals surface area contributed by atoms with E-state index in [1.807, 2.05) is 18.2 Å². The van der Waals surface area contributed by atoms with E-state index >= 15 is 0 Å². The van der Waals surface area contributed by atoms with Crippen LogP contribution >= 0.6 is 11.6 Å². The van der Waals surface area contributed by atoms with Crippen molar-refractivity contribution in [3.05, 3.63) is 28.8 Å². The van der Waals surface area contributed by atoms with Crippen molar-refractivity contribution in [2.75, 3.05) is 13.2 Å². The van der Waals surface area contributed by atoms with E-state index in [4.69, 9.17) is 22.8 Å². The molecule has 0 fully saturated rings. The first-order valence-corrected chi connectivity index (χ1v) is 6.21. The van der Waals surface area contributed by atoms with Crippen molar-refractivity contribution in [2.45, 2.75) is 26.3 Å². The fourth-order valence-corrected chi connectivity index (χ4v) is 1.71. The summed E-state index contributed by atoms with van der Waals surface area (Å²) in [5, 5.41) is 3.97. The maximum absolute atomic E-state index is 6.12. The number of hydrogen-bond acceptors (Lipinski definition) is 2. The standard InChI is InChI=1S/C14H18ClNO/c1-3-5-10-17-14-12(11-16-9-4-2)7-6-8-13(14)15/h1,6-8,16H,4-5,9-11H2,2H3. The highest BCUT2D eigenvalue weighted by Crippen LogP contribution is 2.28. The van der Waals surface area contributed by atoms with Gasteiger partial charge in [-0.3, -0.25) is 0 Å². The smallest absolute Gasteiger partial charge is 0.142 e.